The zero-order valence-corrected chi connectivity index (χ0v) is 62.3. The van der Waals surface area contributed by atoms with Crippen molar-refractivity contribution in [3.8, 4) is 34.4 Å². The minimum Gasteiger partial charge on any atom is -0.870 e. The van der Waals surface area contributed by atoms with Crippen molar-refractivity contribution in [2.24, 2.45) is 16.8 Å². The first-order valence-corrected chi connectivity index (χ1v) is 38.1. The van der Waals surface area contributed by atoms with Gasteiger partial charge in [-0.15, -0.1) is 4.63 Å². The van der Waals surface area contributed by atoms with E-state index in [1.807, 2.05) is 0 Å². The fourth-order valence-corrected chi connectivity index (χ4v) is 16.8. The predicted molar refractivity (Wildman–Crippen MR) is 354 cm³/mol. The van der Waals surface area contributed by atoms with Gasteiger partial charge in [-0.05, 0) is 218 Å². The molecule has 3 fully saturated rings. The first-order chi connectivity index (χ1) is 46.3. The zero-order valence-electron chi connectivity index (χ0n) is 53.1. The number of sulfone groups is 1. The van der Waals surface area contributed by atoms with Gasteiger partial charge in [0.05, 0.1) is 47.8 Å². The third-order valence-electron chi connectivity index (χ3n) is 15.6. The summed E-state index contributed by atoms with van der Waals surface area (Å²) in [5.41, 5.74) is 7.73. The molecule has 0 radical (unpaired) electrons. The molecule has 5 aromatic heterocycles. The fourth-order valence-electron chi connectivity index (χ4n) is 10.9. The van der Waals surface area contributed by atoms with Crippen LogP contribution in [0.25, 0.3) is 34.4 Å². The predicted octanol–water partition coefficient (Wildman–Crippen LogP) is 5.99. The van der Waals surface area contributed by atoms with Crippen molar-refractivity contribution < 1.29 is 107 Å². The summed E-state index contributed by atoms with van der Waals surface area (Å²) >= 11 is 9.19. The summed E-state index contributed by atoms with van der Waals surface area (Å²) in [6, 6.07) is 12.2. The minimum absolute atomic E-state index is 0. The Morgan fingerprint density at radius 3 is 1.57 bits per heavy atom. The molecule has 3 aliphatic carbocycles. The third-order valence-corrected chi connectivity index (χ3v) is 22.4. The van der Waals surface area contributed by atoms with E-state index in [9.17, 15) is 63.3 Å². The summed E-state index contributed by atoms with van der Waals surface area (Å²) in [5.74, 6) is -2.94. The number of nitro groups is 1. The average molecular weight is 1650 g/mol. The number of oxime groups is 1. The molecule has 3 aromatic carbocycles. The normalized spacial score (nSPS) is 14.6. The summed E-state index contributed by atoms with van der Waals surface area (Å²) in [5, 5.41) is 52.6. The molecule has 0 atom stereocenters. The van der Waals surface area contributed by atoms with Crippen LogP contribution in [0.4, 0.5) is 19.0 Å². The first-order valence-electron chi connectivity index (χ1n) is 30.6. The summed E-state index contributed by atoms with van der Waals surface area (Å²) in [4.78, 5) is 34.0. The second-order valence-electron chi connectivity index (χ2n) is 22.9. The summed E-state index contributed by atoms with van der Waals surface area (Å²) in [7, 11) is -9.43. The van der Waals surface area contributed by atoms with Crippen LogP contribution in [0, 0.1) is 33.5 Å². The molecule has 3 saturated carbocycles. The molecule has 0 bridgehead atoms. The van der Waals surface area contributed by atoms with Gasteiger partial charge in [-0.25, -0.2) is 75.9 Å². The van der Waals surface area contributed by atoms with Gasteiger partial charge in [-0.2, -0.15) is 0 Å². The molecule has 0 amide bonds. The number of nitrogens with zero attached hydrogens (tertiary/aromatic N) is 12. The smallest absolute Gasteiger partial charge is 0.870 e. The quantitative estimate of drug-likeness (QED) is 0.0115. The number of nitrogens with one attached hydrogen (secondary N) is 2. The topological polar surface area (TPSA) is 471 Å². The number of aromatic nitrogens is 10. The van der Waals surface area contributed by atoms with E-state index in [-0.39, 0.29) is 114 Å². The number of unbranched alkanes of at least 4 members (excludes halogenated alkanes) is 2. The Kier molecular flexibility index (Phi) is 31.9. The molecular formula is C57H68Br3F3N15NaO17S3. The molecule has 534 valence electrons. The number of hydrogen-bond acceptors (Lipinski definition) is 27. The van der Waals surface area contributed by atoms with Crippen molar-refractivity contribution in [3.63, 3.8) is 0 Å². The second-order valence-corrected chi connectivity index (χ2v) is 31.4. The Labute approximate surface area is 611 Å². The van der Waals surface area contributed by atoms with E-state index in [1.54, 1.807) is 12.1 Å². The number of hydrogen-bond donors (Lipinski definition) is 4. The molecular weight excluding hydrogens is 1580 g/mol. The van der Waals surface area contributed by atoms with Crippen LogP contribution < -0.4 is 56.2 Å². The van der Waals surface area contributed by atoms with Gasteiger partial charge in [0.15, 0.2) is 26.4 Å². The van der Waals surface area contributed by atoms with Crippen LogP contribution in [0.1, 0.15) is 132 Å². The molecule has 6 N–H and O–H groups in total. The Morgan fingerprint density at radius 2 is 1.07 bits per heavy atom. The van der Waals surface area contributed by atoms with Gasteiger partial charge in [0.2, 0.25) is 31.7 Å². The van der Waals surface area contributed by atoms with Crippen molar-refractivity contribution in [2.45, 2.75) is 141 Å². The Balaban J connectivity index is 0.000000215. The van der Waals surface area contributed by atoms with Crippen molar-refractivity contribution in [3.05, 3.63) is 139 Å². The standard InChI is InChI=1S/C19H21BrFN5O5S.C19H24BrFN4O4S.C10H3BrFN5O5.C9H19NO2S.Na.H2O/c20-14-11-13(8-9-15(14)21)26-18(24-30-19(26)27)17-16(22-31-23-17)7-3-4-10-32(28,29)25-12-5-1-2-6-12;20-15-11-13(8-9-16(15)21)12-18(22-26)19-17(23-29-24-19)7-3-4-10-30(27,28)25-14-5-1-2-6-14;11-5-3-4(1-2-6(5)12)16-8(14-21-10(16)18)7-9(17(19)20)15-22-13-7;10-6-3-7-13(11,12)8-9-4-1-2-5-9;;/h8-9,11-12,25H,1-7,10H2;8-9,11,14,25-26H,1-7,10,12H2;1-3H;9H,1-8,10H2;;1H2/q;;;;+1;/p-1/b;22-18+;;;;. The van der Waals surface area contributed by atoms with Gasteiger partial charge in [-0.3, -0.25) is 9.05 Å². The maximum absolute atomic E-state index is 13.6. The molecule has 32 nitrogen and oxygen atoms in total. The zero-order chi connectivity index (χ0) is 69.9. The van der Waals surface area contributed by atoms with Gasteiger partial charge in [0, 0.05) is 18.5 Å². The van der Waals surface area contributed by atoms with Crippen LogP contribution in [-0.2, 0) is 49.1 Å². The van der Waals surface area contributed by atoms with E-state index in [4.69, 9.17) is 19.5 Å². The van der Waals surface area contributed by atoms with E-state index < -0.39 is 69.5 Å². The molecule has 11 rings (SSSR count). The maximum atomic E-state index is 13.6. The number of aryl methyl sites for hydroxylation is 2. The molecule has 42 heteroatoms. The van der Waals surface area contributed by atoms with E-state index in [0.29, 0.717) is 96.0 Å². The van der Waals surface area contributed by atoms with Crippen molar-refractivity contribution in [2.75, 3.05) is 29.6 Å². The van der Waals surface area contributed by atoms with Crippen LogP contribution in [0.15, 0.2) is 106 Å². The van der Waals surface area contributed by atoms with Crippen LogP contribution >= 0.6 is 47.8 Å². The molecule has 0 saturated heterocycles. The molecule has 99 heavy (non-hydrogen) atoms. The SMILES string of the molecule is NCCCS(=O)(=O)CC1CCCC1.O=S(=O)(CCCCc1nonc1/C(Cc1ccc(F)c(Br)c1)=N/O)NC1CCCC1.O=c1onc(-c2nonc2CCCCS(=O)(=O)NC2CCCC2)n1-c1ccc(F)c(Br)c1.O=c1onc(-c2nonc2[N+](=O)[O-])n1-c1ccc(F)c(Br)c1.[Na+].[OH-]. The van der Waals surface area contributed by atoms with Crippen LogP contribution in [0.5, 0.6) is 0 Å². The van der Waals surface area contributed by atoms with Gasteiger partial charge < -0.3 is 26.5 Å². The summed E-state index contributed by atoms with van der Waals surface area (Å²) in [6.45, 7) is 0.476. The minimum atomic E-state index is -3.33. The molecule has 8 aromatic rings. The fraction of sp³-hybridized carbons (Fsp3) is 0.491. The molecule has 0 spiro atoms. The van der Waals surface area contributed by atoms with E-state index in [0.717, 1.165) is 79.4 Å². The van der Waals surface area contributed by atoms with Gasteiger partial charge in [0.25, 0.3) is 5.69 Å². The molecule has 0 aliphatic heterocycles. The van der Waals surface area contributed by atoms with Gasteiger partial charge in [-0.1, -0.05) is 70.4 Å². The van der Waals surface area contributed by atoms with E-state index >= 15 is 0 Å². The van der Waals surface area contributed by atoms with Crippen LogP contribution in [0.2, 0.25) is 0 Å². The number of benzene rings is 3. The monoisotopic (exact) mass is 1650 g/mol. The Hall–Kier alpha value is -6.25. The van der Waals surface area contributed by atoms with Crippen molar-refractivity contribution >= 4 is 89.2 Å². The number of sulfonamides is 2. The third kappa shape index (κ3) is 23.9. The molecule has 3 aliphatic rings. The van der Waals surface area contributed by atoms with Crippen LogP contribution in [-0.4, -0.2) is 139 Å². The van der Waals surface area contributed by atoms with Gasteiger partial charge >= 0.3 is 46.9 Å². The Morgan fingerprint density at radius 1 is 0.616 bits per heavy atom. The molecule has 5 heterocycles. The first kappa shape index (κ1) is 81.7. The van der Waals surface area contributed by atoms with E-state index in [1.165, 1.54) is 49.2 Å². The maximum Gasteiger partial charge on any atom is 1.00 e. The average Bonchev–Trinajstić information content (AvgIpc) is 1.66. The number of halogens is 6. The largest absolute Gasteiger partial charge is 1.00 e. The van der Waals surface area contributed by atoms with Crippen molar-refractivity contribution in [1.29, 1.82) is 0 Å². The number of rotatable bonds is 27. The van der Waals surface area contributed by atoms with Crippen molar-refractivity contribution in [1.82, 2.24) is 59.8 Å². The van der Waals surface area contributed by atoms with E-state index in [2.05, 4.69) is 113 Å². The summed E-state index contributed by atoms with van der Waals surface area (Å²) in [6.07, 6.45) is 16.0. The Bertz CT molecular complexity index is 4460. The second kappa shape index (κ2) is 38.7. The summed E-state index contributed by atoms with van der Waals surface area (Å²) < 4.78 is 143. The molecule has 0 unspecified atom stereocenters. The number of nitrogens with two attached hydrogens (primary N) is 1. The van der Waals surface area contributed by atoms with Crippen LogP contribution in [0.3, 0.4) is 0 Å². The van der Waals surface area contributed by atoms with Gasteiger partial charge in [0.1, 0.15) is 34.6 Å².